The summed E-state index contributed by atoms with van der Waals surface area (Å²) in [5.41, 5.74) is 0.987. The number of likely N-dealkylation sites (tertiary alicyclic amines) is 1. The van der Waals surface area contributed by atoms with Crippen LogP contribution in [0, 0.1) is 11.8 Å². The van der Waals surface area contributed by atoms with Crippen molar-refractivity contribution in [2.24, 2.45) is 11.8 Å². The standard InChI is InChI=1S/C22H32N2O2/c1-23(22(26)15-18-7-5-6-8-18)16-19-11-13-24(14-12-19)17-21(25)20-9-3-2-4-10-20/h2-5,7,9-10,18-19,21,25H,6,8,11-17H2,1H3/t18-,21-/m0/s1. The molecular formula is C22H32N2O2. The molecule has 1 aromatic carbocycles. The van der Waals surface area contributed by atoms with Gasteiger partial charge in [-0.3, -0.25) is 4.79 Å². The SMILES string of the molecule is CN(CC1CCN(C[C@H](O)c2ccccc2)CC1)C(=O)C[C@H]1C=CCC1. The molecule has 1 fully saturated rings. The summed E-state index contributed by atoms with van der Waals surface area (Å²) in [5.74, 6) is 1.31. The lowest BCUT2D eigenvalue weighted by atomic mass is 9.95. The number of carbonyl (C=O) groups is 1. The van der Waals surface area contributed by atoms with Gasteiger partial charge in [0.25, 0.3) is 0 Å². The molecule has 4 heteroatoms. The number of aliphatic hydroxyl groups is 1. The van der Waals surface area contributed by atoms with Crippen LogP contribution in [0.15, 0.2) is 42.5 Å². The number of nitrogens with zero attached hydrogens (tertiary/aromatic N) is 2. The van der Waals surface area contributed by atoms with Gasteiger partial charge in [-0.25, -0.2) is 0 Å². The van der Waals surface area contributed by atoms with Crippen molar-refractivity contribution in [3.8, 4) is 0 Å². The van der Waals surface area contributed by atoms with Crippen LogP contribution in [0.25, 0.3) is 0 Å². The summed E-state index contributed by atoms with van der Waals surface area (Å²) in [4.78, 5) is 16.7. The molecule has 1 aliphatic heterocycles. The Kier molecular flexibility index (Phi) is 6.86. The minimum Gasteiger partial charge on any atom is -0.387 e. The van der Waals surface area contributed by atoms with Gasteiger partial charge in [-0.1, -0.05) is 42.5 Å². The van der Waals surface area contributed by atoms with Crippen molar-refractivity contribution >= 4 is 5.91 Å². The van der Waals surface area contributed by atoms with Crippen molar-refractivity contribution < 1.29 is 9.90 Å². The van der Waals surface area contributed by atoms with Gasteiger partial charge in [0.05, 0.1) is 6.10 Å². The topological polar surface area (TPSA) is 43.8 Å². The fourth-order valence-corrected chi connectivity index (χ4v) is 4.11. The molecule has 1 heterocycles. The maximum Gasteiger partial charge on any atom is 0.222 e. The summed E-state index contributed by atoms with van der Waals surface area (Å²) in [7, 11) is 1.95. The van der Waals surface area contributed by atoms with Crippen LogP contribution in [-0.4, -0.2) is 54.0 Å². The van der Waals surface area contributed by atoms with E-state index in [4.69, 9.17) is 0 Å². The first-order chi connectivity index (χ1) is 12.6. The molecular weight excluding hydrogens is 324 g/mol. The summed E-state index contributed by atoms with van der Waals surface area (Å²) in [5, 5.41) is 10.4. The summed E-state index contributed by atoms with van der Waals surface area (Å²) in [6.07, 6.45) is 9.08. The van der Waals surface area contributed by atoms with E-state index in [0.717, 1.165) is 50.9 Å². The van der Waals surface area contributed by atoms with E-state index in [1.807, 2.05) is 42.3 Å². The molecule has 0 radical (unpaired) electrons. The molecule has 0 bridgehead atoms. The number of benzene rings is 1. The fraction of sp³-hybridized carbons (Fsp3) is 0.591. The third-order valence-electron chi connectivity index (χ3n) is 5.83. The van der Waals surface area contributed by atoms with Crippen LogP contribution < -0.4 is 0 Å². The maximum absolute atomic E-state index is 12.4. The Hall–Kier alpha value is -1.65. The normalized spacial score (nSPS) is 22.5. The first-order valence-corrected chi connectivity index (χ1v) is 9.98. The Labute approximate surface area is 157 Å². The molecule has 0 aromatic heterocycles. The molecule has 1 N–H and O–H groups in total. The minimum atomic E-state index is -0.420. The van der Waals surface area contributed by atoms with Gasteiger partial charge < -0.3 is 14.9 Å². The van der Waals surface area contributed by atoms with Crippen LogP contribution >= 0.6 is 0 Å². The van der Waals surface area contributed by atoms with Crippen molar-refractivity contribution in [1.82, 2.24) is 9.80 Å². The lowest BCUT2D eigenvalue weighted by Crippen LogP contribution is -2.41. The number of hydrogen-bond donors (Lipinski definition) is 1. The predicted octanol–water partition coefficient (Wildman–Crippen LogP) is 3.25. The van der Waals surface area contributed by atoms with Gasteiger partial charge in [0.2, 0.25) is 5.91 Å². The van der Waals surface area contributed by atoms with E-state index in [2.05, 4.69) is 17.1 Å². The lowest BCUT2D eigenvalue weighted by molar-refractivity contribution is -0.131. The van der Waals surface area contributed by atoms with Crippen LogP contribution in [0.4, 0.5) is 0 Å². The van der Waals surface area contributed by atoms with E-state index in [0.29, 0.717) is 24.8 Å². The van der Waals surface area contributed by atoms with E-state index in [1.165, 1.54) is 0 Å². The number of carbonyl (C=O) groups excluding carboxylic acids is 1. The van der Waals surface area contributed by atoms with Crippen LogP contribution in [0.1, 0.15) is 43.8 Å². The molecule has 1 aliphatic carbocycles. The quantitative estimate of drug-likeness (QED) is 0.763. The van der Waals surface area contributed by atoms with Gasteiger partial charge in [-0.05, 0) is 56.2 Å². The second kappa shape index (κ2) is 9.33. The fourth-order valence-electron chi connectivity index (χ4n) is 4.11. The Balaban J connectivity index is 1.38. The number of aliphatic hydroxyl groups excluding tert-OH is 1. The maximum atomic E-state index is 12.4. The molecule has 2 aliphatic rings. The van der Waals surface area contributed by atoms with Crippen molar-refractivity contribution in [3.63, 3.8) is 0 Å². The Morgan fingerprint density at radius 2 is 1.96 bits per heavy atom. The lowest BCUT2D eigenvalue weighted by Gasteiger charge is -2.35. The molecule has 0 unspecified atom stereocenters. The molecule has 142 valence electrons. The highest BCUT2D eigenvalue weighted by Crippen LogP contribution is 2.24. The minimum absolute atomic E-state index is 0.281. The van der Waals surface area contributed by atoms with Gasteiger partial charge >= 0.3 is 0 Å². The molecule has 0 saturated carbocycles. The predicted molar refractivity (Wildman–Crippen MR) is 105 cm³/mol. The summed E-state index contributed by atoms with van der Waals surface area (Å²) >= 11 is 0. The third kappa shape index (κ3) is 5.42. The van der Waals surface area contributed by atoms with Crippen molar-refractivity contribution in [2.75, 3.05) is 33.2 Å². The second-order valence-electron chi connectivity index (χ2n) is 7.91. The van der Waals surface area contributed by atoms with E-state index < -0.39 is 6.10 Å². The van der Waals surface area contributed by atoms with E-state index in [-0.39, 0.29) is 5.91 Å². The Morgan fingerprint density at radius 1 is 1.23 bits per heavy atom. The summed E-state index contributed by atoms with van der Waals surface area (Å²) in [6.45, 7) is 3.56. The molecule has 3 rings (SSSR count). The zero-order valence-electron chi connectivity index (χ0n) is 15.9. The zero-order chi connectivity index (χ0) is 18.4. The smallest absolute Gasteiger partial charge is 0.222 e. The first-order valence-electron chi connectivity index (χ1n) is 9.98. The van der Waals surface area contributed by atoms with E-state index >= 15 is 0 Å². The molecule has 1 amide bonds. The monoisotopic (exact) mass is 356 g/mol. The summed E-state index contributed by atoms with van der Waals surface area (Å²) < 4.78 is 0. The van der Waals surface area contributed by atoms with E-state index in [9.17, 15) is 9.90 Å². The number of allylic oxidation sites excluding steroid dienone is 2. The van der Waals surface area contributed by atoms with Gasteiger partial charge in [0.1, 0.15) is 0 Å². The van der Waals surface area contributed by atoms with Gasteiger partial charge in [-0.2, -0.15) is 0 Å². The highest BCUT2D eigenvalue weighted by atomic mass is 16.3. The number of piperidine rings is 1. The van der Waals surface area contributed by atoms with Crippen molar-refractivity contribution in [1.29, 1.82) is 0 Å². The van der Waals surface area contributed by atoms with Crippen LogP contribution in [-0.2, 0) is 4.79 Å². The van der Waals surface area contributed by atoms with Crippen LogP contribution in [0.5, 0.6) is 0 Å². The second-order valence-corrected chi connectivity index (χ2v) is 7.91. The number of β-amino-alcohol motifs (C(OH)–C–C–N with tert-alkyl or cyclic N) is 1. The number of amides is 1. The van der Waals surface area contributed by atoms with Gasteiger partial charge in [0, 0.05) is 26.6 Å². The number of rotatable bonds is 7. The van der Waals surface area contributed by atoms with Gasteiger partial charge in [0.15, 0.2) is 0 Å². The Bertz CT molecular complexity index is 593. The molecule has 26 heavy (non-hydrogen) atoms. The molecule has 4 nitrogen and oxygen atoms in total. The zero-order valence-corrected chi connectivity index (χ0v) is 15.9. The van der Waals surface area contributed by atoms with Gasteiger partial charge in [-0.15, -0.1) is 0 Å². The van der Waals surface area contributed by atoms with Crippen LogP contribution in [0.3, 0.4) is 0 Å². The largest absolute Gasteiger partial charge is 0.387 e. The highest BCUT2D eigenvalue weighted by molar-refractivity contribution is 5.76. The van der Waals surface area contributed by atoms with Crippen LogP contribution in [0.2, 0.25) is 0 Å². The number of hydrogen-bond acceptors (Lipinski definition) is 3. The average Bonchev–Trinajstić information content (AvgIpc) is 3.17. The molecule has 2 atom stereocenters. The molecule has 1 saturated heterocycles. The summed E-state index contributed by atoms with van der Waals surface area (Å²) in [6, 6.07) is 9.88. The van der Waals surface area contributed by atoms with Crippen molar-refractivity contribution in [2.45, 2.75) is 38.2 Å². The third-order valence-corrected chi connectivity index (χ3v) is 5.83. The van der Waals surface area contributed by atoms with E-state index in [1.54, 1.807) is 0 Å². The first kappa shape index (κ1) is 19.1. The molecule has 1 aromatic rings. The Morgan fingerprint density at radius 3 is 2.62 bits per heavy atom. The highest BCUT2D eigenvalue weighted by Gasteiger charge is 2.24. The van der Waals surface area contributed by atoms with Crippen molar-refractivity contribution in [3.05, 3.63) is 48.0 Å². The molecule has 0 spiro atoms. The average molecular weight is 357 g/mol.